The molecule has 1 aromatic carbocycles. The number of hydrogen-bond donors (Lipinski definition) is 2. The van der Waals surface area contributed by atoms with Gasteiger partial charge in [0, 0.05) is 12.2 Å². The minimum atomic E-state index is -0.515. The molecule has 4 heteroatoms. The number of carbonyl (C=O) groups excluding carboxylic acids is 1. The Morgan fingerprint density at radius 3 is 2.22 bits per heavy atom. The third-order valence-corrected chi connectivity index (χ3v) is 4.54. The minimum absolute atomic E-state index is 0.127. The van der Waals surface area contributed by atoms with E-state index in [9.17, 15) is 4.79 Å². The van der Waals surface area contributed by atoms with Crippen molar-refractivity contribution in [1.82, 2.24) is 4.90 Å². The molecule has 1 saturated heterocycles. The summed E-state index contributed by atoms with van der Waals surface area (Å²) in [6, 6.07) is 7.63. The van der Waals surface area contributed by atoms with Gasteiger partial charge in [0.2, 0.25) is 5.91 Å². The second-order valence-corrected chi connectivity index (χ2v) is 7.72. The molecule has 1 aromatic rings. The molecule has 23 heavy (non-hydrogen) atoms. The number of hydrogen-bond acceptors (Lipinski definition) is 3. The number of nitrogens with zero attached hydrogens (tertiary/aromatic N) is 1. The predicted molar refractivity (Wildman–Crippen MR) is 96.2 cm³/mol. The second kappa shape index (κ2) is 7.93. The zero-order chi connectivity index (χ0) is 16.9. The third kappa shape index (κ3) is 5.63. The van der Waals surface area contributed by atoms with Gasteiger partial charge in [-0.3, -0.25) is 9.69 Å². The highest BCUT2D eigenvalue weighted by Crippen LogP contribution is 2.20. The molecule has 0 aliphatic carbocycles. The first-order chi connectivity index (χ1) is 10.9. The van der Waals surface area contributed by atoms with Gasteiger partial charge >= 0.3 is 0 Å². The van der Waals surface area contributed by atoms with E-state index in [4.69, 9.17) is 5.73 Å². The molecule has 0 aromatic heterocycles. The van der Waals surface area contributed by atoms with E-state index in [1.54, 1.807) is 0 Å². The number of likely N-dealkylation sites (tertiary alicyclic amines) is 1. The zero-order valence-electron chi connectivity index (χ0n) is 14.8. The first-order valence-corrected chi connectivity index (χ1v) is 8.74. The predicted octanol–water partition coefficient (Wildman–Crippen LogP) is 3.37. The fourth-order valence-corrected chi connectivity index (χ4v) is 2.86. The van der Waals surface area contributed by atoms with Crippen LogP contribution in [0.25, 0.3) is 0 Å². The quantitative estimate of drug-likeness (QED) is 0.895. The molecule has 0 unspecified atom stereocenters. The summed E-state index contributed by atoms with van der Waals surface area (Å²) in [5.74, 6) is -0.127. The van der Waals surface area contributed by atoms with E-state index in [2.05, 4.69) is 22.3 Å². The molecule has 2 rings (SSSR count). The SMILES string of the molecule is CC(C)(C)[C@H](N)C(=O)Nc1ccc(CN2CCCCCC2)cc1. The standard InChI is InChI=1S/C19H31N3O/c1-19(2,3)17(20)18(23)21-16-10-8-15(9-11-16)14-22-12-6-4-5-7-13-22/h8-11,17H,4-7,12-14,20H2,1-3H3,(H,21,23)/t17-/m1/s1. The highest BCUT2D eigenvalue weighted by atomic mass is 16.2. The van der Waals surface area contributed by atoms with Gasteiger partial charge in [0.25, 0.3) is 0 Å². The average molecular weight is 317 g/mol. The van der Waals surface area contributed by atoms with E-state index in [-0.39, 0.29) is 11.3 Å². The van der Waals surface area contributed by atoms with E-state index in [1.807, 2.05) is 32.9 Å². The molecule has 0 saturated carbocycles. The van der Waals surface area contributed by atoms with Gasteiger partial charge < -0.3 is 11.1 Å². The van der Waals surface area contributed by atoms with Gasteiger partial charge in [-0.1, -0.05) is 45.7 Å². The van der Waals surface area contributed by atoms with Crippen molar-refractivity contribution >= 4 is 11.6 Å². The van der Waals surface area contributed by atoms with Crippen LogP contribution in [0.15, 0.2) is 24.3 Å². The summed E-state index contributed by atoms with van der Waals surface area (Å²) < 4.78 is 0. The van der Waals surface area contributed by atoms with Crippen molar-refractivity contribution in [2.75, 3.05) is 18.4 Å². The van der Waals surface area contributed by atoms with E-state index in [0.29, 0.717) is 0 Å². The van der Waals surface area contributed by atoms with Crippen LogP contribution in [-0.4, -0.2) is 29.9 Å². The first-order valence-electron chi connectivity index (χ1n) is 8.74. The molecule has 3 N–H and O–H groups in total. The molecule has 1 atom stereocenters. The van der Waals surface area contributed by atoms with Crippen molar-refractivity contribution < 1.29 is 4.79 Å². The van der Waals surface area contributed by atoms with Gasteiger partial charge in [0.05, 0.1) is 6.04 Å². The lowest BCUT2D eigenvalue weighted by Crippen LogP contribution is -2.45. The maximum absolute atomic E-state index is 12.2. The number of rotatable bonds is 4. The summed E-state index contributed by atoms with van der Waals surface area (Å²) >= 11 is 0. The molecule has 1 aliphatic heterocycles. The molecule has 0 radical (unpaired) electrons. The van der Waals surface area contributed by atoms with Gasteiger partial charge in [0.1, 0.15) is 0 Å². The van der Waals surface area contributed by atoms with Crippen molar-refractivity contribution in [3.63, 3.8) is 0 Å². The summed E-state index contributed by atoms with van der Waals surface area (Å²) in [7, 11) is 0. The summed E-state index contributed by atoms with van der Waals surface area (Å²) in [4.78, 5) is 14.7. The Morgan fingerprint density at radius 2 is 1.70 bits per heavy atom. The normalized spacial score (nSPS) is 18.3. The van der Waals surface area contributed by atoms with E-state index < -0.39 is 6.04 Å². The maximum Gasteiger partial charge on any atom is 0.241 e. The highest BCUT2D eigenvalue weighted by Gasteiger charge is 2.27. The lowest BCUT2D eigenvalue weighted by atomic mass is 9.87. The minimum Gasteiger partial charge on any atom is -0.325 e. The van der Waals surface area contributed by atoms with Crippen molar-refractivity contribution in [2.24, 2.45) is 11.1 Å². The Kier molecular flexibility index (Phi) is 6.19. The van der Waals surface area contributed by atoms with Gasteiger partial charge in [-0.25, -0.2) is 0 Å². The van der Waals surface area contributed by atoms with Crippen LogP contribution in [-0.2, 0) is 11.3 Å². The van der Waals surface area contributed by atoms with Gasteiger partial charge in [-0.05, 0) is 49.0 Å². The summed E-state index contributed by atoms with van der Waals surface area (Å²) in [6.45, 7) is 9.30. The summed E-state index contributed by atoms with van der Waals surface area (Å²) in [6.07, 6.45) is 5.32. The maximum atomic E-state index is 12.2. The highest BCUT2D eigenvalue weighted by molar-refractivity contribution is 5.95. The van der Waals surface area contributed by atoms with Crippen LogP contribution < -0.4 is 11.1 Å². The fraction of sp³-hybridized carbons (Fsp3) is 0.632. The Hall–Kier alpha value is -1.39. The lowest BCUT2D eigenvalue weighted by Gasteiger charge is -2.25. The fourth-order valence-electron chi connectivity index (χ4n) is 2.86. The van der Waals surface area contributed by atoms with Crippen LogP contribution in [0.1, 0.15) is 52.0 Å². The van der Waals surface area contributed by atoms with E-state index in [1.165, 1.54) is 44.3 Å². The monoisotopic (exact) mass is 317 g/mol. The number of benzene rings is 1. The Balaban J connectivity index is 1.90. The Bertz CT molecular complexity index is 496. The average Bonchev–Trinajstić information content (AvgIpc) is 2.76. The van der Waals surface area contributed by atoms with Crippen molar-refractivity contribution in [2.45, 2.75) is 59.0 Å². The molecule has 128 valence electrons. The van der Waals surface area contributed by atoms with Crippen LogP contribution in [0.2, 0.25) is 0 Å². The number of nitrogens with two attached hydrogens (primary N) is 1. The second-order valence-electron chi connectivity index (χ2n) is 7.72. The Labute approximate surface area is 140 Å². The van der Waals surface area contributed by atoms with Crippen molar-refractivity contribution in [1.29, 1.82) is 0 Å². The number of carbonyl (C=O) groups is 1. The molecule has 0 bridgehead atoms. The van der Waals surface area contributed by atoms with Crippen LogP contribution in [0, 0.1) is 5.41 Å². The van der Waals surface area contributed by atoms with Crippen molar-refractivity contribution in [3.8, 4) is 0 Å². The molecule has 1 fully saturated rings. The third-order valence-electron chi connectivity index (χ3n) is 4.54. The Morgan fingerprint density at radius 1 is 1.13 bits per heavy atom. The van der Waals surface area contributed by atoms with E-state index in [0.717, 1.165) is 12.2 Å². The summed E-state index contributed by atoms with van der Waals surface area (Å²) in [5.41, 5.74) is 7.86. The van der Waals surface area contributed by atoms with E-state index >= 15 is 0 Å². The molecule has 0 spiro atoms. The van der Waals surface area contributed by atoms with Crippen molar-refractivity contribution in [3.05, 3.63) is 29.8 Å². The largest absolute Gasteiger partial charge is 0.325 e. The first kappa shape index (κ1) is 18.0. The van der Waals surface area contributed by atoms with Crippen LogP contribution in [0.5, 0.6) is 0 Å². The molecule has 1 heterocycles. The molecular weight excluding hydrogens is 286 g/mol. The van der Waals surface area contributed by atoms with Crippen LogP contribution >= 0.6 is 0 Å². The lowest BCUT2D eigenvalue weighted by molar-refractivity contribution is -0.119. The zero-order valence-corrected chi connectivity index (χ0v) is 14.8. The smallest absolute Gasteiger partial charge is 0.241 e. The summed E-state index contributed by atoms with van der Waals surface area (Å²) in [5, 5.41) is 2.91. The van der Waals surface area contributed by atoms with Crippen LogP contribution in [0.4, 0.5) is 5.69 Å². The topological polar surface area (TPSA) is 58.4 Å². The molecule has 1 aliphatic rings. The van der Waals surface area contributed by atoms with Gasteiger partial charge in [-0.15, -0.1) is 0 Å². The molecular formula is C19H31N3O. The number of nitrogens with one attached hydrogen (secondary N) is 1. The number of amides is 1. The van der Waals surface area contributed by atoms with Gasteiger partial charge in [-0.2, -0.15) is 0 Å². The van der Waals surface area contributed by atoms with Crippen LogP contribution in [0.3, 0.4) is 0 Å². The molecule has 1 amide bonds. The molecule has 4 nitrogen and oxygen atoms in total. The van der Waals surface area contributed by atoms with Gasteiger partial charge in [0.15, 0.2) is 0 Å². The number of anilines is 1.